The predicted molar refractivity (Wildman–Crippen MR) is 86.1 cm³/mol. The Morgan fingerprint density at radius 1 is 1.25 bits per heavy atom. The van der Waals surface area contributed by atoms with Gasteiger partial charge in [0.1, 0.15) is 11.1 Å². The Morgan fingerprint density at radius 3 is 2.75 bits per heavy atom. The maximum Gasteiger partial charge on any atom is 0.336 e. The number of rotatable bonds is 4. The van der Waals surface area contributed by atoms with E-state index in [0.717, 1.165) is 22.9 Å². The van der Waals surface area contributed by atoms with Crippen molar-refractivity contribution in [3.63, 3.8) is 0 Å². The van der Waals surface area contributed by atoms with Gasteiger partial charge in [0, 0.05) is 23.1 Å². The van der Waals surface area contributed by atoms with Crippen LogP contribution in [0, 0.1) is 0 Å². The zero-order chi connectivity index (χ0) is 16.4. The summed E-state index contributed by atoms with van der Waals surface area (Å²) in [5, 5.41) is 0.888. The maximum absolute atomic E-state index is 11.8. The zero-order valence-electron chi connectivity index (χ0n) is 13.2. The highest BCUT2D eigenvalue weighted by atomic mass is 35.5. The molecule has 2 N–H and O–H groups in total. The maximum atomic E-state index is 11.8. The predicted octanol–water partition coefficient (Wildman–Crippen LogP) is -1.21. The standard InChI is InChI=1S/C18H16N2O3.ClH/c1-2-12-5-6-15-14(9-17(21)23-16(15)8-12)11-20-7-3-4-13(10-20)18(19)22;/h3-10H,2,11H2,1H3,(H-,19,22);1H. The number of primary amides is 1. The molecule has 3 aromatic rings. The van der Waals surface area contributed by atoms with Crippen LogP contribution in [0.15, 0.2) is 58.0 Å². The third-order valence-corrected chi connectivity index (χ3v) is 3.80. The van der Waals surface area contributed by atoms with Gasteiger partial charge in [-0.2, -0.15) is 4.57 Å². The number of fused-ring (bicyclic) bond motifs is 1. The van der Waals surface area contributed by atoms with E-state index in [2.05, 4.69) is 0 Å². The number of halogens is 1. The molecule has 5 nitrogen and oxygen atoms in total. The van der Waals surface area contributed by atoms with Crippen molar-refractivity contribution in [1.82, 2.24) is 0 Å². The summed E-state index contributed by atoms with van der Waals surface area (Å²) in [5.74, 6) is -0.482. The number of amides is 1. The Hall–Kier alpha value is -2.66. The minimum Gasteiger partial charge on any atom is -1.00 e. The Labute approximate surface area is 145 Å². The summed E-state index contributed by atoms with van der Waals surface area (Å²) in [6.07, 6.45) is 4.37. The second kappa shape index (κ2) is 7.27. The van der Waals surface area contributed by atoms with Crippen molar-refractivity contribution in [2.24, 2.45) is 5.73 Å². The van der Waals surface area contributed by atoms with E-state index in [1.165, 1.54) is 6.07 Å². The van der Waals surface area contributed by atoms with Crippen LogP contribution in [-0.2, 0) is 13.0 Å². The van der Waals surface area contributed by atoms with E-state index in [1.54, 1.807) is 18.3 Å². The molecule has 1 aromatic carbocycles. The van der Waals surface area contributed by atoms with E-state index >= 15 is 0 Å². The first-order valence-electron chi connectivity index (χ1n) is 7.41. The first-order chi connectivity index (χ1) is 11.1. The lowest BCUT2D eigenvalue weighted by Gasteiger charge is -2.05. The number of pyridine rings is 1. The Bertz CT molecular complexity index is 950. The molecule has 0 unspecified atom stereocenters. The van der Waals surface area contributed by atoms with E-state index in [0.29, 0.717) is 17.7 Å². The van der Waals surface area contributed by atoms with E-state index < -0.39 is 5.91 Å². The molecule has 2 heterocycles. The average Bonchev–Trinajstić information content (AvgIpc) is 2.54. The lowest BCUT2D eigenvalue weighted by molar-refractivity contribution is -0.688. The fraction of sp³-hybridized carbons (Fsp3) is 0.167. The van der Waals surface area contributed by atoms with Crippen LogP contribution < -0.4 is 28.3 Å². The van der Waals surface area contributed by atoms with Crippen LogP contribution in [-0.4, -0.2) is 5.91 Å². The summed E-state index contributed by atoms with van der Waals surface area (Å²) in [5.41, 5.74) is 7.88. The molecule has 24 heavy (non-hydrogen) atoms. The lowest BCUT2D eigenvalue weighted by atomic mass is 10.1. The molecule has 0 aliphatic rings. The fourth-order valence-electron chi connectivity index (χ4n) is 2.59. The topological polar surface area (TPSA) is 77.2 Å². The molecule has 1 amide bonds. The Balaban J connectivity index is 0.00000208. The van der Waals surface area contributed by atoms with Gasteiger partial charge in [0.25, 0.3) is 5.91 Å². The largest absolute Gasteiger partial charge is 1.00 e. The summed E-state index contributed by atoms with van der Waals surface area (Å²) in [6.45, 7) is 2.50. The van der Waals surface area contributed by atoms with Gasteiger partial charge >= 0.3 is 5.63 Å². The molecule has 0 aliphatic heterocycles. The van der Waals surface area contributed by atoms with Gasteiger partial charge in [-0.3, -0.25) is 4.79 Å². The molecule has 0 atom stereocenters. The molecule has 6 heteroatoms. The van der Waals surface area contributed by atoms with Crippen molar-refractivity contribution < 1.29 is 26.2 Å². The van der Waals surface area contributed by atoms with Crippen molar-refractivity contribution in [1.29, 1.82) is 0 Å². The van der Waals surface area contributed by atoms with Crippen molar-refractivity contribution in [2.45, 2.75) is 19.9 Å². The zero-order valence-corrected chi connectivity index (χ0v) is 13.9. The molecule has 2 aromatic heterocycles. The van der Waals surface area contributed by atoms with Gasteiger partial charge < -0.3 is 22.6 Å². The van der Waals surface area contributed by atoms with Crippen LogP contribution >= 0.6 is 0 Å². The van der Waals surface area contributed by atoms with Gasteiger partial charge in [0.15, 0.2) is 18.9 Å². The highest BCUT2D eigenvalue weighted by Gasteiger charge is 2.12. The second-order valence-corrected chi connectivity index (χ2v) is 5.40. The number of nitrogens with two attached hydrogens (primary N) is 1. The molecular weight excluding hydrogens is 328 g/mol. The molecule has 124 valence electrons. The molecule has 3 rings (SSSR count). The van der Waals surface area contributed by atoms with E-state index in [9.17, 15) is 9.59 Å². The Morgan fingerprint density at radius 2 is 2.04 bits per heavy atom. The van der Waals surface area contributed by atoms with Gasteiger partial charge in [-0.15, -0.1) is 0 Å². The number of aryl methyl sites for hydroxylation is 1. The number of hydrogen-bond donors (Lipinski definition) is 1. The number of aromatic nitrogens is 1. The third-order valence-electron chi connectivity index (χ3n) is 3.80. The van der Waals surface area contributed by atoms with Crippen molar-refractivity contribution >= 4 is 16.9 Å². The number of carbonyl (C=O) groups is 1. The van der Waals surface area contributed by atoms with Crippen molar-refractivity contribution in [3.05, 3.63) is 75.9 Å². The first-order valence-corrected chi connectivity index (χ1v) is 7.41. The molecule has 0 fully saturated rings. The van der Waals surface area contributed by atoms with Crippen LogP contribution in [0.1, 0.15) is 28.4 Å². The SMILES string of the molecule is CCc1ccc2c(C[n+]3cccc(C(N)=O)c3)cc(=O)oc2c1.[Cl-]. The van der Waals surface area contributed by atoms with E-state index in [-0.39, 0.29) is 18.0 Å². The van der Waals surface area contributed by atoms with Gasteiger partial charge in [0.2, 0.25) is 0 Å². The van der Waals surface area contributed by atoms with Crippen LogP contribution in [0.3, 0.4) is 0 Å². The smallest absolute Gasteiger partial charge is 0.336 e. The highest BCUT2D eigenvalue weighted by Crippen LogP contribution is 2.19. The number of benzene rings is 1. The molecular formula is C18H17ClN2O3. The normalized spacial score (nSPS) is 10.4. The third kappa shape index (κ3) is 3.63. The summed E-state index contributed by atoms with van der Waals surface area (Å²) >= 11 is 0. The van der Waals surface area contributed by atoms with Crippen LogP contribution in [0.2, 0.25) is 0 Å². The Kier molecular flexibility index (Phi) is 5.36. The minimum atomic E-state index is -0.482. The molecule has 0 bridgehead atoms. The number of hydrogen-bond acceptors (Lipinski definition) is 3. The molecule has 0 radical (unpaired) electrons. The molecule has 0 saturated carbocycles. The summed E-state index contributed by atoms with van der Waals surface area (Å²) in [7, 11) is 0. The van der Waals surface area contributed by atoms with Gasteiger partial charge in [-0.05, 0) is 24.1 Å². The van der Waals surface area contributed by atoms with Crippen LogP contribution in [0.25, 0.3) is 11.0 Å². The lowest BCUT2D eigenvalue weighted by Crippen LogP contribution is -3.00. The number of carbonyl (C=O) groups excluding carboxylic acids is 1. The minimum absolute atomic E-state index is 0. The quantitative estimate of drug-likeness (QED) is 0.477. The van der Waals surface area contributed by atoms with Crippen LogP contribution in [0.5, 0.6) is 0 Å². The monoisotopic (exact) mass is 344 g/mol. The summed E-state index contributed by atoms with van der Waals surface area (Å²) in [4.78, 5) is 23.1. The van der Waals surface area contributed by atoms with Crippen LogP contribution in [0.4, 0.5) is 0 Å². The number of nitrogens with zero attached hydrogens (tertiary/aromatic N) is 1. The summed E-state index contributed by atoms with van der Waals surface area (Å²) < 4.78 is 7.13. The first kappa shape index (κ1) is 17.7. The average molecular weight is 345 g/mol. The molecule has 0 saturated heterocycles. The van der Waals surface area contributed by atoms with Gasteiger partial charge in [-0.1, -0.05) is 19.1 Å². The van der Waals surface area contributed by atoms with E-state index in [4.69, 9.17) is 10.2 Å². The summed E-state index contributed by atoms with van der Waals surface area (Å²) in [6, 6.07) is 10.8. The second-order valence-electron chi connectivity index (χ2n) is 5.40. The highest BCUT2D eigenvalue weighted by molar-refractivity contribution is 5.92. The fourth-order valence-corrected chi connectivity index (χ4v) is 2.59. The molecule has 0 aliphatic carbocycles. The van der Waals surface area contributed by atoms with Crippen molar-refractivity contribution in [2.75, 3.05) is 0 Å². The van der Waals surface area contributed by atoms with E-state index in [1.807, 2.05) is 35.9 Å². The van der Waals surface area contributed by atoms with Crippen molar-refractivity contribution in [3.8, 4) is 0 Å². The molecule has 0 spiro atoms. The van der Waals surface area contributed by atoms with Gasteiger partial charge in [-0.25, -0.2) is 4.79 Å². The van der Waals surface area contributed by atoms with Gasteiger partial charge in [0.05, 0.1) is 0 Å².